The van der Waals surface area contributed by atoms with Gasteiger partial charge >= 0.3 is 0 Å². The van der Waals surface area contributed by atoms with E-state index in [-0.39, 0.29) is 0 Å². The number of pyridine rings is 1. The van der Waals surface area contributed by atoms with Crippen LogP contribution in [0.2, 0.25) is 0 Å². The van der Waals surface area contributed by atoms with Gasteiger partial charge in [0.2, 0.25) is 5.88 Å². The third-order valence-electron chi connectivity index (χ3n) is 2.32. The van der Waals surface area contributed by atoms with Crippen LogP contribution in [0, 0.1) is 6.92 Å². The molecule has 3 nitrogen and oxygen atoms in total. The molecule has 1 aromatic heterocycles. The standard InChI is InChI=1S/C13H14N2O/c1-10-3-2-8-15-13(10)16-9-11-4-6-12(14)7-5-11/h2-8H,9,14H2,1H3. The average molecular weight is 214 g/mol. The summed E-state index contributed by atoms with van der Waals surface area (Å²) in [5, 5.41) is 0. The highest BCUT2D eigenvalue weighted by atomic mass is 16.5. The van der Waals surface area contributed by atoms with Gasteiger partial charge in [0.05, 0.1) is 0 Å². The van der Waals surface area contributed by atoms with Crippen LogP contribution >= 0.6 is 0 Å². The quantitative estimate of drug-likeness (QED) is 0.799. The molecule has 0 atom stereocenters. The minimum atomic E-state index is 0.512. The zero-order chi connectivity index (χ0) is 11.4. The highest BCUT2D eigenvalue weighted by Crippen LogP contribution is 2.14. The minimum Gasteiger partial charge on any atom is -0.473 e. The third kappa shape index (κ3) is 2.51. The molecule has 2 rings (SSSR count). The molecule has 0 aliphatic rings. The largest absolute Gasteiger partial charge is 0.473 e. The number of rotatable bonds is 3. The second-order valence-electron chi connectivity index (χ2n) is 3.66. The Bertz CT molecular complexity index is 466. The Kier molecular flexibility index (Phi) is 3.05. The molecule has 0 amide bonds. The number of hydrogen-bond donors (Lipinski definition) is 1. The monoisotopic (exact) mass is 214 g/mol. The fourth-order valence-electron chi connectivity index (χ4n) is 1.39. The number of aromatic nitrogens is 1. The molecule has 0 bridgehead atoms. The third-order valence-corrected chi connectivity index (χ3v) is 2.32. The maximum atomic E-state index is 5.61. The van der Waals surface area contributed by atoms with Gasteiger partial charge in [0.15, 0.2) is 0 Å². The molecular weight excluding hydrogens is 200 g/mol. The highest BCUT2D eigenvalue weighted by molar-refractivity contribution is 5.39. The van der Waals surface area contributed by atoms with Crippen LogP contribution in [-0.4, -0.2) is 4.98 Å². The molecule has 0 aliphatic carbocycles. The van der Waals surface area contributed by atoms with Crippen molar-refractivity contribution in [3.63, 3.8) is 0 Å². The van der Waals surface area contributed by atoms with Crippen LogP contribution in [0.25, 0.3) is 0 Å². The Morgan fingerprint density at radius 1 is 1.19 bits per heavy atom. The van der Waals surface area contributed by atoms with E-state index in [4.69, 9.17) is 10.5 Å². The summed E-state index contributed by atoms with van der Waals surface area (Å²) >= 11 is 0. The summed E-state index contributed by atoms with van der Waals surface area (Å²) in [7, 11) is 0. The normalized spacial score (nSPS) is 10.1. The smallest absolute Gasteiger partial charge is 0.216 e. The van der Waals surface area contributed by atoms with E-state index in [9.17, 15) is 0 Å². The first-order chi connectivity index (χ1) is 7.75. The number of nitrogens with zero attached hydrogens (tertiary/aromatic N) is 1. The van der Waals surface area contributed by atoms with E-state index in [1.807, 2.05) is 43.3 Å². The number of hydrogen-bond acceptors (Lipinski definition) is 3. The summed E-state index contributed by atoms with van der Waals surface area (Å²) in [5.74, 6) is 0.680. The minimum absolute atomic E-state index is 0.512. The Morgan fingerprint density at radius 2 is 1.94 bits per heavy atom. The van der Waals surface area contributed by atoms with Gasteiger partial charge < -0.3 is 10.5 Å². The Balaban J connectivity index is 2.02. The molecule has 2 N–H and O–H groups in total. The van der Waals surface area contributed by atoms with E-state index in [0.717, 1.165) is 16.8 Å². The zero-order valence-corrected chi connectivity index (χ0v) is 9.18. The summed E-state index contributed by atoms with van der Waals surface area (Å²) in [5.41, 5.74) is 8.49. The number of benzene rings is 1. The van der Waals surface area contributed by atoms with Crippen LogP contribution in [0.1, 0.15) is 11.1 Å². The van der Waals surface area contributed by atoms with Crippen LogP contribution in [0.5, 0.6) is 5.88 Å². The number of nitrogens with two attached hydrogens (primary N) is 1. The number of ether oxygens (including phenoxy) is 1. The molecule has 1 aromatic carbocycles. The predicted octanol–water partition coefficient (Wildman–Crippen LogP) is 2.55. The Labute approximate surface area is 94.9 Å². The van der Waals surface area contributed by atoms with Crippen molar-refractivity contribution in [2.45, 2.75) is 13.5 Å². The lowest BCUT2D eigenvalue weighted by Gasteiger charge is -2.07. The van der Waals surface area contributed by atoms with Crippen LogP contribution in [0.15, 0.2) is 42.6 Å². The second-order valence-corrected chi connectivity index (χ2v) is 3.66. The second kappa shape index (κ2) is 4.66. The first-order valence-electron chi connectivity index (χ1n) is 5.14. The number of aryl methyl sites for hydroxylation is 1. The number of anilines is 1. The van der Waals surface area contributed by atoms with Crippen molar-refractivity contribution in [2.24, 2.45) is 0 Å². The van der Waals surface area contributed by atoms with Crippen LogP contribution < -0.4 is 10.5 Å². The first kappa shape index (κ1) is 10.5. The van der Waals surface area contributed by atoms with E-state index in [1.165, 1.54) is 0 Å². The maximum absolute atomic E-state index is 5.61. The van der Waals surface area contributed by atoms with Gasteiger partial charge in [0.1, 0.15) is 6.61 Å². The van der Waals surface area contributed by atoms with Gasteiger partial charge in [-0.1, -0.05) is 18.2 Å². The molecule has 1 heterocycles. The summed E-state index contributed by atoms with van der Waals surface area (Å²) in [6.07, 6.45) is 1.73. The lowest BCUT2D eigenvalue weighted by Crippen LogP contribution is -1.98. The summed E-state index contributed by atoms with van der Waals surface area (Å²) in [6.45, 7) is 2.49. The van der Waals surface area contributed by atoms with Gasteiger partial charge in [-0.15, -0.1) is 0 Å². The van der Waals surface area contributed by atoms with Crippen molar-refractivity contribution in [1.82, 2.24) is 4.98 Å². The highest BCUT2D eigenvalue weighted by Gasteiger charge is 2.00. The van der Waals surface area contributed by atoms with Crippen molar-refractivity contribution >= 4 is 5.69 Å². The Hall–Kier alpha value is -2.03. The number of nitrogen functional groups attached to an aromatic ring is 1. The first-order valence-corrected chi connectivity index (χ1v) is 5.14. The van der Waals surface area contributed by atoms with Gasteiger partial charge in [-0.2, -0.15) is 0 Å². The fourth-order valence-corrected chi connectivity index (χ4v) is 1.39. The van der Waals surface area contributed by atoms with Crippen LogP contribution in [0.3, 0.4) is 0 Å². The fraction of sp³-hybridized carbons (Fsp3) is 0.154. The maximum Gasteiger partial charge on any atom is 0.216 e. The van der Waals surface area contributed by atoms with E-state index >= 15 is 0 Å². The van der Waals surface area contributed by atoms with Gasteiger partial charge in [-0.25, -0.2) is 4.98 Å². The molecule has 0 fully saturated rings. The molecule has 0 unspecified atom stereocenters. The van der Waals surface area contributed by atoms with E-state index in [2.05, 4.69) is 4.98 Å². The summed E-state index contributed by atoms with van der Waals surface area (Å²) in [6, 6.07) is 11.5. The van der Waals surface area contributed by atoms with Crippen LogP contribution in [-0.2, 0) is 6.61 Å². The molecule has 0 saturated heterocycles. The zero-order valence-electron chi connectivity index (χ0n) is 9.18. The van der Waals surface area contributed by atoms with Crippen molar-refractivity contribution in [3.05, 3.63) is 53.7 Å². The van der Waals surface area contributed by atoms with Crippen molar-refractivity contribution < 1.29 is 4.74 Å². The average Bonchev–Trinajstić information content (AvgIpc) is 2.30. The molecule has 3 heteroatoms. The van der Waals surface area contributed by atoms with Gasteiger partial charge in [0.25, 0.3) is 0 Å². The summed E-state index contributed by atoms with van der Waals surface area (Å²) in [4.78, 5) is 4.16. The molecule has 0 radical (unpaired) electrons. The molecule has 16 heavy (non-hydrogen) atoms. The lowest BCUT2D eigenvalue weighted by molar-refractivity contribution is 0.291. The van der Waals surface area contributed by atoms with Gasteiger partial charge in [0, 0.05) is 17.4 Å². The van der Waals surface area contributed by atoms with E-state index in [0.29, 0.717) is 12.5 Å². The van der Waals surface area contributed by atoms with Crippen molar-refractivity contribution in [2.75, 3.05) is 5.73 Å². The van der Waals surface area contributed by atoms with Crippen molar-refractivity contribution in [1.29, 1.82) is 0 Å². The molecular formula is C13H14N2O. The summed E-state index contributed by atoms with van der Waals surface area (Å²) < 4.78 is 5.61. The van der Waals surface area contributed by atoms with E-state index < -0.39 is 0 Å². The molecule has 2 aromatic rings. The molecule has 0 spiro atoms. The van der Waals surface area contributed by atoms with Gasteiger partial charge in [-0.3, -0.25) is 0 Å². The van der Waals surface area contributed by atoms with Crippen LogP contribution in [0.4, 0.5) is 5.69 Å². The molecule has 0 aliphatic heterocycles. The Morgan fingerprint density at radius 3 is 2.62 bits per heavy atom. The SMILES string of the molecule is Cc1cccnc1OCc1ccc(N)cc1. The molecule has 82 valence electrons. The lowest BCUT2D eigenvalue weighted by atomic mass is 10.2. The van der Waals surface area contributed by atoms with E-state index in [1.54, 1.807) is 6.20 Å². The van der Waals surface area contributed by atoms with Gasteiger partial charge in [-0.05, 0) is 30.7 Å². The predicted molar refractivity (Wildman–Crippen MR) is 64.2 cm³/mol. The van der Waals surface area contributed by atoms with Crippen molar-refractivity contribution in [3.8, 4) is 5.88 Å². The topological polar surface area (TPSA) is 48.1 Å². The molecule has 0 saturated carbocycles.